The molecule has 6 heteroatoms. The van der Waals surface area contributed by atoms with Crippen LogP contribution in [0.3, 0.4) is 0 Å². The molecule has 2 saturated heterocycles. The van der Waals surface area contributed by atoms with Gasteiger partial charge >= 0.3 is 0 Å². The molecule has 0 bridgehead atoms. The van der Waals surface area contributed by atoms with Crippen molar-refractivity contribution in [3.05, 3.63) is 28.3 Å². The Morgan fingerprint density at radius 2 is 2.33 bits per heavy atom. The first kappa shape index (κ1) is 14.2. The van der Waals surface area contributed by atoms with Crippen LogP contribution in [0.2, 0.25) is 5.02 Å². The molecule has 5 nitrogen and oxygen atoms in total. The highest BCUT2D eigenvalue weighted by Gasteiger charge is 2.51. The van der Waals surface area contributed by atoms with Crippen molar-refractivity contribution >= 4 is 23.3 Å². The fraction of sp³-hybridized carbons (Fsp3) is 0.467. The highest BCUT2D eigenvalue weighted by molar-refractivity contribution is 6.32. The molecule has 1 aromatic carbocycles. The molecule has 0 saturated carbocycles. The van der Waals surface area contributed by atoms with Crippen LogP contribution in [0.5, 0.6) is 0 Å². The van der Waals surface area contributed by atoms with Gasteiger partial charge in [0, 0.05) is 6.54 Å². The molecule has 21 heavy (non-hydrogen) atoms. The lowest BCUT2D eigenvalue weighted by molar-refractivity contribution is 0.0714. The first-order valence-electron chi connectivity index (χ1n) is 6.84. The summed E-state index contributed by atoms with van der Waals surface area (Å²) in [5, 5.41) is 19.5. The summed E-state index contributed by atoms with van der Waals surface area (Å²) in [6.45, 7) is 4.96. The molecular formula is C15H16ClN3O2. The Bertz CT molecular complexity index is 668. The molecule has 3 rings (SSSR count). The minimum absolute atomic E-state index is 0.400. The summed E-state index contributed by atoms with van der Waals surface area (Å²) < 4.78 is 5.66. The average Bonchev–Trinajstić information content (AvgIpc) is 2.94. The lowest BCUT2D eigenvalue weighted by Crippen LogP contribution is -2.46. The topological polar surface area (TPSA) is 68.8 Å². The summed E-state index contributed by atoms with van der Waals surface area (Å²) in [4.78, 5) is 6.53. The van der Waals surface area contributed by atoms with Gasteiger partial charge in [-0.3, -0.25) is 0 Å². The molecule has 2 aliphatic heterocycles. The van der Waals surface area contributed by atoms with Gasteiger partial charge in [0.15, 0.2) is 0 Å². The van der Waals surface area contributed by atoms with Crippen molar-refractivity contribution in [3.8, 4) is 6.07 Å². The number of nitriles is 1. The van der Waals surface area contributed by atoms with E-state index < -0.39 is 11.6 Å². The van der Waals surface area contributed by atoms with Crippen molar-refractivity contribution in [2.45, 2.75) is 31.9 Å². The van der Waals surface area contributed by atoms with Crippen molar-refractivity contribution in [1.29, 1.82) is 5.26 Å². The monoisotopic (exact) mass is 305 g/mol. The molecule has 1 N–H and O–H groups in total. The quantitative estimate of drug-likeness (QED) is 0.865. The van der Waals surface area contributed by atoms with Gasteiger partial charge in [0.05, 0.1) is 22.4 Å². The number of rotatable bonds is 1. The van der Waals surface area contributed by atoms with Crippen LogP contribution in [0.4, 0.5) is 5.69 Å². The number of hydrogen-bond acceptors (Lipinski definition) is 4. The number of nitrogens with zero attached hydrogens (tertiary/aromatic N) is 3. The highest BCUT2D eigenvalue weighted by atomic mass is 35.5. The van der Waals surface area contributed by atoms with Gasteiger partial charge in [-0.2, -0.15) is 10.3 Å². The molecule has 0 aromatic heterocycles. The zero-order valence-corrected chi connectivity index (χ0v) is 12.7. The van der Waals surface area contributed by atoms with E-state index in [1.54, 1.807) is 12.1 Å². The Balaban J connectivity index is 1.98. The Morgan fingerprint density at radius 1 is 1.57 bits per heavy atom. The molecule has 2 fully saturated rings. The molecule has 0 spiro atoms. The van der Waals surface area contributed by atoms with E-state index >= 15 is 0 Å². The van der Waals surface area contributed by atoms with E-state index in [0.717, 1.165) is 12.1 Å². The predicted octanol–water partition coefficient (Wildman–Crippen LogP) is 2.36. The van der Waals surface area contributed by atoms with Crippen LogP contribution in [-0.4, -0.2) is 40.8 Å². The van der Waals surface area contributed by atoms with Crippen molar-refractivity contribution in [1.82, 2.24) is 4.90 Å². The van der Waals surface area contributed by atoms with Crippen molar-refractivity contribution in [2.24, 2.45) is 4.99 Å². The van der Waals surface area contributed by atoms with E-state index in [1.165, 1.54) is 0 Å². The van der Waals surface area contributed by atoms with Crippen LogP contribution in [0.1, 0.15) is 24.5 Å². The molecule has 2 aliphatic rings. The molecule has 1 aromatic rings. The van der Waals surface area contributed by atoms with Crippen LogP contribution in [0.25, 0.3) is 0 Å². The molecular weight excluding hydrogens is 290 g/mol. The van der Waals surface area contributed by atoms with Crippen LogP contribution < -0.4 is 0 Å². The number of fused-ring (bicyclic) bond motifs is 1. The average molecular weight is 306 g/mol. The second-order valence-electron chi connectivity index (χ2n) is 5.68. The van der Waals surface area contributed by atoms with E-state index in [4.69, 9.17) is 21.6 Å². The Labute approximate surface area is 128 Å². The van der Waals surface area contributed by atoms with E-state index in [2.05, 4.69) is 11.1 Å². The third kappa shape index (κ3) is 2.06. The van der Waals surface area contributed by atoms with Gasteiger partial charge in [0.25, 0.3) is 6.02 Å². The number of halogens is 1. The Kier molecular flexibility index (Phi) is 3.31. The summed E-state index contributed by atoms with van der Waals surface area (Å²) in [7, 11) is 0. The first-order chi connectivity index (χ1) is 9.97. The van der Waals surface area contributed by atoms with Crippen LogP contribution in [-0.2, 0) is 4.74 Å². The van der Waals surface area contributed by atoms with Crippen LogP contribution in [0, 0.1) is 18.3 Å². The van der Waals surface area contributed by atoms with Crippen molar-refractivity contribution in [2.75, 3.05) is 13.2 Å². The maximum Gasteiger partial charge on any atom is 0.293 e. The molecule has 0 aliphatic carbocycles. The lowest BCUT2D eigenvalue weighted by atomic mass is 9.98. The number of aliphatic hydroxyl groups is 1. The maximum absolute atomic E-state index is 10.1. The molecule has 110 valence electrons. The van der Waals surface area contributed by atoms with Gasteiger partial charge in [-0.25, -0.2) is 0 Å². The smallest absolute Gasteiger partial charge is 0.293 e. The van der Waals surface area contributed by atoms with E-state index in [-0.39, 0.29) is 0 Å². The maximum atomic E-state index is 10.1. The third-order valence-electron chi connectivity index (χ3n) is 4.38. The second kappa shape index (κ2) is 4.90. The number of hydrogen-bond donors (Lipinski definition) is 1. The lowest BCUT2D eigenvalue weighted by Gasteiger charge is -2.27. The standard InChI is InChI=1S/C15H16ClN3O2/c1-9-11(4-3-10(7-17)13(9)16)18-14-19-6-5-12(20)15(19,2)8-21-14/h3-4,12,20H,5-6,8H2,1-2H3/t12-,15+/m0/s1. The summed E-state index contributed by atoms with van der Waals surface area (Å²) >= 11 is 6.16. The van der Waals surface area contributed by atoms with E-state index in [1.807, 2.05) is 18.7 Å². The minimum Gasteiger partial charge on any atom is -0.462 e. The fourth-order valence-corrected chi connectivity index (χ4v) is 3.05. The molecule has 0 amide bonds. The Hall–Kier alpha value is -1.77. The molecule has 0 unspecified atom stereocenters. The number of aliphatic imine (C=N–C) groups is 1. The number of amidine groups is 1. The number of benzene rings is 1. The zero-order valence-electron chi connectivity index (χ0n) is 11.9. The third-order valence-corrected chi connectivity index (χ3v) is 4.87. The minimum atomic E-state index is -0.407. The highest BCUT2D eigenvalue weighted by Crippen LogP contribution is 2.37. The van der Waals surface area contributed by atoms with E-state index in [0.29, 0.717) is 35.3 Å². The SMILES string of the molecule is Cc1c(N=C2OC[C@]3(C)[C@@H](O)CCN23)ccc(C#N)c1Cl. The van der Waals surface area contributed by atoms with Gasteiger partial charge in [0.1, 0.15) is 18.2 Å². The summed E-state index contributed by atoms with van der Waals surface area (Å²) in [6, 6.07) is 5.98. The summed E-state index contributed by atoms with van der Waals surface area (Å²) in [6.07, 6.45) is 0.308. The van der Waals surface area contributed by atoms with E-state index in [9.17, 15) is 5.11 Å². The second-order valence-corrected chi connectivity index (χ2v) is 6.06. The summed E-state index contributed by atoms with van der Waals surface area (Å²) in [5.41, 5.74) is 1.47. The Morgan fingerprint density at radius 3 is 3.05 bits per heavy atom. The number of aliphatic hydroxyl groups excluding tert-OH is 1. The largest absolute Gasteiger partial charge is 0.462 e. The predicted molar refractivity (Wildman–Crippen MR) is 79.7 cm³/mol. The van der Waals surface area contributed by atoms with Crippen molar-refractivity contribution in [3.63, 3.8) is 0 Å². The van der Waals surface area contributed by atoms with Crippen LogP contribution >= 0.6 is 11.6 Å². The normalized spacial score (nSPS) is 29.4. The fourth-order valence-electron chi connectivity index (χ4n) is 2.85. The number of ether oxygens (including phenoxy) is 1. The van der Waals surface area contributed by atoms with Gasteiger partial charge in [-0.15, -0.1) is 0 Å². The van der Waals surface area contributed by atoms with Gasteiger partial charge in [0.2, 0.25) is 0 Å². The van der Waals surface area contributed by atoms with Gasteiger partial charge < -0.3 is 14.7 Å². The van der Waals surface area contributed by atoms with Gasteiger partial charge in [-0.1, -0.05) is 11.6 Å². The zero-order chi connectivity index (χ0) is 15.2. The van der Waals surface area contributed by atoms with Gasteiger partial charge in [-0.05, 0) is 38.0 Å². The molecule has 2 heterocycles. The summed E-state index contributed by atoms with van der Waals surface area (Å²) in [5.74, 6) is 0. The molecule has 2 atom stereocenters. The first-order valence-corrected chi connectivity index (χ1v) is 7.21. The molecule has 0 radical (unpaired) electrons. The van der Waals surface area contributed by atoms with Crippen LogP contribution in [0.15, 0.2) is 17.1 Å². The van der Waals surface area contributed by atoms with Crippen molar-refractivity contribution < 1.29 is 9.84 Å².